The normalized spacial score (nSPS) is 14.7. The number of unbranched alkanes of at least 4 members (excludes halogenated alkanes) is 2. The number of rotatable bonds is 10. The lowest BCUT2D eigenvalue weighted by molar-refractivity contribution is 0.0953. The molecule has 0 atom stereocenters. The molecule has 4 rings (SSSR count). The van der Waals surface area contributed by atoms with Gasteiger partial charge in [-0.05, 0) is 56.4 Å². The van der Waals surface area contributed by atoms with E-state index in [2.05, 4.69) is 34.1 Å². The molecule has 32 heavy (non-hydrogen) atoms. The van der Waals surface area contributed by atoms with Crippen LogP contribution in [0.4, 0.5) is 0 Å². The van der Waals surface area contributed by atoms with Crippen LogP contribution in [0, 0.1) is 12.8 Å². The Morgan fingerprint density at radius 2 is 1.88 bits per heavy atom. The highest BCUT2D eigenvalue weighted by molar-refractivity contribution is 5.94. The van der Waals surface area contributed by atoms with E-state index < -0.39 is 0 Å². The average Bonchev–Trinajstić information content (AvgIpc) is 3.17. The molecular weight excluding hydrogens is 394 g/mol. The van der Waals surface area contributed by atoms with Crippen LogP contribution in [0.2, 0.25) is 0 Å². The first-order valence-electron chi connectivity index (χ1n) is 12.5. The molecule has 0 bridgehead atoms. The van der Waals surface area contributed by atoms with E-state index in [0.717, 1.165) is 61.3 Å². The molecule has 0 radical (unpaired) electrons. The first kappa shape index (κ1) is 22.6. The molecule has 2 aromatic carbocycles. The Morgan fingerprint density at radius 3 is 2.72 bits per heavy atom. The second kappa shape index (κ2) is 11.3. The van der Waals surface area contributed by atoms with Crippen LogP contribution in [0.1, 0.15) is 79.5 Å². The zero-order chi connectivity index (χ0) is 22.2. The fraction of sp³-hybridized carbons (Fsp3) is 0.500. The maximum absolute atomic E-state index is 12.3. The highest BCUT2D eigenvalue weighted by Gasteiger charge is 2.16. The fourth-order valence-electron chi connectivity index (χ4n) is 5.03. The average molecular weight is 432 g/mol. The van der Waals surface area contributed by atoms with Crippen LogP contribution < -0.4 is 5.32 Å². The Morgan fingerprint density at radius 1 is 1.03 bits per heavy atom. The summed E-state index contributed by atoms with van der Waals surface area (Å²) >= 11 is 0. The molecule has 1 saturated carbocycles. The summed E-state index contributed by atoms with van der Waals surface area (Å²) in [5.41, 5.74) is 4.26. The molecule has 4 nitrogen and oxygen atoms in total. The lowest BCUT2D eigenvalue weighted by atomic mass is 9.87. The number of benzene rings is 2. The maximum Gasteiger partial charge on any atom is 0.251 e. The highest BCUT2D eigenvalue weighted by atomic mass is 16.1. The van der Waals surface area contributed by atoms with Gasteiger partial charge in [-0.15, -0.1) is 0 Å². The third-order valence-corrected chi connectivity index (χ3v) is 6.86. The van der Waals surface area contributed by atoms with Crippen molar-refractivity contribution in [1.29, 1.82) is 0 Å². The molecule has 1 aliphatic carbocycles. The molecule has 0 unspecified atom stereocenters. The number of fused-ring (bicyclic) bond motifs is 1. The third kappa shape index (κ3) is 5.99. The minimum Gasteiger partial charge on any atom is -0.352 e. The molecule has 0 saturated heterocycles. The number of para-hydroxylation sites is 2. The van der Waals surface area contributed by atoms with E-state index in [1.54, 1.807) is 0 Å². The quantitative estimate of drug-likeness (QED) is 0.375. The summed E-state index contributed by atoms with van der Waals surface area (Å²) in [5, 5.41) is 3.05. The van der Waals surface area contributed by atoms with E-state index >= 15 is 0 Å². The van der Waals surface area contributed by atoms with E-state index in [-0.39, 0.29) is 5.91 Å². The van der Waals surface area contributed by atoms with Crippen molar-refractivity contribution < 1.29 is 4.79 Å². The summed E-state index contributed by atoms with van der Waals surface area (Å²) in [6, 6.07) is 16.3. The number of nitrogens with zero attached hydrogens (tertiary/aromatic N) is 2. The number of amides is 1. The van der Waals surface area contributed by atoms with Crippen molar-refractivity contribution >= 4 is 16.9 Å². The predicted octanol–water partition coefficient (Wildman–Crippen LogP) is 6.46. The van der Waals surface area contributed by atoms with Crippen molar-refractivity contribution in [2.45, 2.75) is 77.7 Å². The molecule has 1 amide bonds. The number of imidazole rings is 1. The molecular formula is C28H37N3O. The number of hydrogen-bond donors (Lipinski definition) is 1. The summed E-state index contributed by atoms with van der Waals surface area (Å²) in [4.78, 5) is 17.2. The van der Waals surface area contributed by atoms with Crippen LogP contribution in [0.15, 0.2) is 48.5 Å². The number of aromatic nitrogens is 2. The van der Waals surface area contributed by atoms with E-state index in [4.69, 9.17) is 4.98 Å². The highest BCUT2D eigenvalue weighted by Crippen LogP contribution is 2.28. The minimum absolute atomic E-state index is 0.0261. The predicted molar refractivity (Wildman–Crippen MR) is 132 cm³/mol. The molecule has 0 aliphatic heterocycles. The molecule has 1 fully saturated rings. The lowest BCUT2D eigenvalue weighted by Gasteiger charge is -2.22. The number of hydrogen-bond acceptors (Lipinski definition) is 2. The Balaban J connectivity index is 1.26. The van der Waals surface area contributed by atoms with Crippen LogP contribution >= 0.6 is 0 Å². The van der Waals surface area contributed by atoms with Crippen LogP contribution in [0.25, 0.3) is 11.0 Å². The standard InChI is InChI=1S/C28H37N3O/c1-22-11-10-14-24(21-22)28(32)29-19-9-3-6-17-27-30-25-15-7-8-16-26(25)31(27)20-18-23-12-4-2-5-13-23/h7-8,10-11,14-16,21,23H,2-6,9,12-13,17-20H2,1H3,(H,29,32). The number of carbonyl (C=O) groups is 1. The second-order valence-electron chi connectivity index (χ2n) is 9.40. The first-order valence-corrected chi connectivity index (χ1v) is 12.5. The van der Waals surface area contributed by atoms with Crippen molar-refractivity contribution in [3.8, 4) is 0 Å². The molecule has 1 aromatic heterocycles. The topological polar surface area (TPSA) is 46.9 Å². The van der Waals surface area contributed by atoms with E-state index in [1.807, 2.05) is 31.2 Å². The van der Waals surface area contributed by atoms with Gasteiger partial charge in [0.2, 0.25) is 0 Å². The molecule has 3 aromatic rings. The van der Waals surface area contributed by atoms with Crippen LogP contribution in [-0.4, -0.2) is 22.0 Å². The zero-order valence-electron chi connectivity index (χ0n) is 19.5. The van der Waals surface area contributed by atoms with Crippen molar-refractivity contribution in [2.75, 3.05) is 6.54 Å². The van der Waals surface area contributed by atoms with Gasteiger partial charge in [0.15, 0.2) is 0 Å². The van der Waals surface area contributed by atoms with Crippen LogP contribution in [0.5, 0.6) is 0 Å². The van der Waals surface area contributed by atoms with Crippen LogP contribution in [0.3, 0.4) is 0 Å². The number of carbonyl (C=O) groups excluding carboxylic acids is 1. The van der Waals surface area contributed by atoms with Gasteiger partial charge in [0.1, 0.15) is 5.82 Å². The minimum atomic E-state index is 0.0261. The number of aryl methyl sites for hydroxylation is 3. The van der Waals surface area contributed by atoms with Crippen molar-refractivity contribution in [2.24, 2.45) is 5.92 Å². The van der Waals surface area contributed by atoms with E-state index in [0.29, 0.717) is 0 Å². The van der Waals surface area contributed by atoms with Gasteiger partial charge in [-0.2, -0.15) is 0 Å². The summed E-state index contributed by atoms with van der Waals surface area (Å²) in [6.07, 6.45) is 12.5. The second-order valence-corrected chi connectivity index (χ2v) is 9.40. The largest absolute Gasteiger partial charge is 0.352 e. The van der Waals surface area contributed by atoms with E-state index in [1.165, 1.54) is 49.9 Å². The van der Waals surface area contributed by atoms with Gasteiger partial charge >= 0.3 is 0 Å². The number of nitrogens with one attached hydrogen (secondary N) is 1. The molecule has 170 valence electrons. The van der Waals surface area contributed by atoms with Crippen molar-refractivity contribution in [1.82, 2.24) is 14.9 Å². The zero-order valence-corrected chi connectivity index (χ0v) is 19.5. The summed E-state index contributed by atoms with van der Waals surface area (Å²) in [6.45, 7) is 3.83. The fourth-order valence-corrected chi connectivity index (χ4v) is 5.03. The molecule has 1 N–H and O–H groups in total. The van der Waals surface area contributed by atoms with Gasteiger partial charge < -0.3 is 9.88 Å². The van der Waals surface area contributed by atoms with Gasteiger partial charge in [0.05, 0.1) is 11.0 Å². The van der Waals surface area contributed by atoms with Gasteiger partial charge in [-0.1, -0.05) is 68.4 Å². The first-order chi connectivity index (χ1) is 15.7. The van der Waals surface area contributed by atoms with Crippen molar-refractivity contribution in [3.63, 3.8) is 0 Å². The maximum atomic E-state index is 12.3. The molecule has 4 heteroatoms. The molecule has 1 heterocycles. The van der Waals surface area contributed by atoms with Gasteiger partial charge in [0, 0.05) is 25.1 Å². The Kier molecular flexibility index (Phi) is 7.97. The molecule has 0 spiro atoms. The lowest BCUT2D eigenvalue weighted by Crippen LogP contribution is -2.24. The SMILES string of the molecule is Cc1cccc(C(=O)NCCCCCc2nc3ccccc3n2CCC2CCCCC2)c1. The Bertz CT molecular complexity index is 1020. The molecule has 1 aliphatic rings. The van der Waals surface area contributed by atoms with Gasteiger partial charge in [0.25, 0.3) is 5.91 Å². The van der Waals surface area contributed by atoms with Crippen LogP contribution in [-0.2, 0) is 13.0 Å². The van der Waals surface area contributed by atoms with Crippen molar-refractivity contribution in [3.05, 3.63) is 65.5 Å². The summed E-state index contributed by atoms with van der Waals surface area (Å²) < 4.78 is 2.48. The van der Waals surface area contributed by atoms with Gasteiger partial charge in [-0.3, -0.25) is 4.79 Å². The Hall–Kier alpha value is -2.62. The monoisotopic (exact) mass is 431 g/mol. The Labute approximate surface area is 192 Å². The summed E-state index contributed by atoms with van der Waals surface area (Å²) in [5.74, 6) is 2.14. The summed E-state index contributed by atoms with van der Waals surface area (Å²) in [7, 11) is 0. The van der Waals surface area contributed by atoms with Gasteiger partial charge in [-0.25, -0.2) is 4.98 Å². The van der Waals surface area contributed by atoms with E-state index in [9.17, 15) is 4.79 Å². The third-order valence-electron chi connectivity index (χ3n) is 6.86. The smallest absolute Gasteiger partial charge is 0.251 e.